The molecule has 0 saturated carbocycles. The van der Waals surface area contributed by atoms with Gasteiger partial charge in [-0.2, -0.15) is 0 Å². The molecule has 0 fully saturated rings. The minimum atomic E-state index is -1.18. The van der Waals surface area contributed by atoms with Gasteiger partial charge < -0.3 is 10.8 Å². The minimum absolute atomic E-state index is 0.175. The van der Waals surface area contributed by atoms with Crippen molar-refractivity contribution in [1.29, 1.82) is 0 Å². The number of carboxylic acid groups (broad SMARTS) is 1. The zero-order valence-electron chi connectivity index (χ0n) is 9.19. The summed E-state index contributed by atoms with van der Waals surface area (Å²) >= 11 is 1.08. The fourth-order valence-corrected chi connectivity index (χ4v) is 2.30. The molecule has 1 atom stereocenters. The first kappa shape index (κ1) is 12.8. The number of aromatic carboxylic acids is 1. The summed E-state index contributed by atoms with van der Waals surface area (Å²) in [5, 5.41) is 9.41. The maximum absolute atomic E-state index is 11.2. The number of hydrogen-bond donors (Lipinski definition) is 2. The van der Waals surface area contributed by atoms with Crippen LogP contribution >= 0.6 is 11.3 Å². The summed E-state index contributed by atoms with van der Waals surface area (Å²) in [7, 11) is 0. The Kier molecular flexibility index (Phi) is 4.14. The number of nitrogens with two attached hydrogens (primary N) is 1. The minimum Gasteiger partial charge on any atom is -0.476 e. The quantitative estimate of drug-likeness (QED) is 0.768. The number of thiazole rings is 1. The van der Waals surface area contributed by atoms with Crippen molar-refractivity contribution >= 4 is 23.1 Å². The molecule has 0 saturated heterocycles. The fraction of sp³-hybridized carbons (Fsp3) is 0.500. The highest BCUT2D eigenvalue weighted by atomic mass is 32.1. The third kappa shape index (κ3) is 2.65. The molecule has 0 aromatic carbocycles. The van der Waals surface area contributed by atoms with Gasteiger partial charge in [0.2, 0.25) is 0 Å². The molecule has 0 bridgehead atoms. The highest BCUT2D eigenvalue weighted by Gasteiger charge is 2.22. The molecule has 1 aromatic rings. The lowest BCUT2D eigenvalue weighted by Crippen LogP contribution is -2.10. The fourth-order valence-electron chi connectivity index (χ4n) is 1.31. The molecule has 5 nitrogen and oxygen atoms in total. The molecule has 1 aromatic heterocycles. The lowest BCUT2D eigenvalue weighted by Gasteiger charge is -2.04. The van der Waals surface area contributed by atoms with E-state index < -0.39 is 5.97 Å². The van der Waals surface area contributed by atoms with Crippen molar-refractivity contribution < 1.29 is 14.7 Å². The van der Waals surface area contributed by atoms with Gasteiger partial charge >= 0.3 is 5.97 Å². The van der Waals surface area contributed by atoms with Gasteiger partial charge in [0, 0.05) is 6.92 Å². The number of Topliss-reactive ketones (excluding diaryl/α,β-unsaturated/α-hetero) is 1. The second-order valence-electron chi connectivity index (χ2n) is 3.49. The van der Waals surface area contributed by atoms with Crippen LogP contribution < -0.4 is 5.73 Å². The molecule has 0 spiro atoms. The van der Waals surface area contributed by atoms with Crippen molar-refractivity contribution in [1.82, 2.24) is 4.98 Å². The van der Waals surface area contributed by atoms with Crippen LogP contribution in [-0.2, 0) is 0 Å². The van der Waals surface area contributed by atoms with Crippen molar-refractivity contribution in [3.63, 3.8) is 0 Å². The number of carbonyl (C=O) groups is 2. The third-order valence-corrected chi connectivity index (χ3v) is 3.37. The Labute approximate surface area is 97.3 Å². The first-order valence-corrected chi connectivity index (χ1v) is 5.79. The second-order valence-corrected chi connectivity index (χ2v) is 4.52. The zero-order chi connectivity index (χ0) is 12.3. The predicted octanol–water partition coefficient (Wildman–Crippen LogP) is 1.84. The van der Waals surface area contributed by atoms with Crippen LogP contribution in [0.25, 0.3) is 0 Å². The molecule has 0 amide bonds. The van der Waals surface area contributed by atoms with E-state index in [1.54, 1.807) is 0 Å². The Hall–Kier alpha value is -1.27. The number of hydrogen-bond acceptors (Lipinski definition) is 5. The molecule has 16 heavy (non-hydrogen) atoms. The van der Waals surface area contributed by atoms with Crippen molar-refractivity contribution in [3.05, 3.63) is 15.6 Å². The van der Waals surface area contributed by atoms with Gasteiger partial charge in [-0.05, 0) is 6.42 Å². The molecule has 3 N–H and O–H groups in total. The van der Waals surface area contributed by atoms with Crippen LogP contribution in [-0.4, -0.2) is 21.8 Å². The summed E-state index contributed by atoms with van der Waals surface area (Å²) in [5.74, 6) is -1.47. The van der Waals surface area contributed by atoms with E-state index in [4.69, 9.17) is 10.8 Å². The molecule has 1 rings (SSSR count). The lowest BCUT2D eigenvalue weighted by atomic mass is 10.2. The Balaban J connectivity index is 3.11. The van der Waals surface area contributed by atoms with Crippen LogP contribution in [0.15, 0.2) is 0 Å². The van der Waals surface area contributed by atoms with Crippen molar-refractivity contribution in [2.24, 2.45) is 5.73 Å². The molecule has 1 heterocycles. The summed E-state index contributed by atoms with van der Waals surface area (Å²) in [6.07, 6.45) is 1.61. The Morgan fingerprint density at radius 3 is 2.56 bits per heavy atom. The van der Waals surface area contributed by atoms with Crippen LogP contribution in [0.1, 0.15) is 57.9 Å². The maximum atomic E-state index is 11.2. The zero-order valence-corrected chi connectivity index (χ0v) is 10.0. The monoisotopic (exact) mass is 242 g/mol. The van der Waals surface area contributed by atoms with Crippen LogP contribution in [0, 0.1) is 0 Å². The van der Waals surface area contributed by atoms with E-state index in [0.717, 1.165) is 24.2 Å². The Morgan fingerprint density at radius 2 is 2.19 bits per heavy atom. The van der Waals surface area contributed by atoms with E-state index in [2.05, 4.69) is 4.98 Å². The molecule has 0 aliphatic heterocycles. The van der Waals surface area contributed by atoms with E-state index in [1.807, 2.05) is 6.92 Å². The third-order valence-electron chi connectivity index (χ3n) is 2.08. The Bertz CT molecular complexity index is 383. The standard InChI is InChI=1S/C10H14N2O3S/c1-3-4-6(11)9-12-7(10(14)15)8(16-9)5(2)13/h6H,3-4,11H2,1-2H3,(H,14,15). The molecular formula is C10H14N2O3S. The van der Waals surface area contributed by atoms with E-state index in [1.165, 1.54) is 6.92 Å². The second kappa shape index (κ2) is 5.18. The van der Waals surface area contributed by atoms with Gasteiger partial charge in [0.05, 0.1) is 6.04 Å². The number of carboxylic acids is 1. The van der Waals surface area contributed by atoms with Crippen molar-refractivity contribution in [3.8, 4) is 0 Å². The van der Waals surface area contributed by atoms with Crippen LogP contribution in [0.4, 0.5) is 0 Å². The average Bonchev–Trinajstić information content (AvgIpc) is 2.62. The van der Waals surface area contributed by atoms with Gasteiger partial charge in [0.25, 0.3) is 0 Å². The van der Waals surface area contributed by atoms with Gasteiger partial charge in [-0.15, -0.1) is 11.3 Å². The van der Waals surface area contributed by atoms with Crippen molar-refractivity contribution in [2.45, 2.75) is 32.7 Å². The van der Waals surface area contributed by atoms with Gasteiger partial charge in [0.15, 0.2) is 11.5 Å². The number of aromatic nitrogens is 1. The summed E-state index contributed by atoms with van der Waals surface area (Å²) in [6.45, 7) is 3.31. The summed E-state index contributed by atoms with van der Waals surface area (Å²) in [6, 6.07) is -0.291. The van der Waals surface area contributed by atoms with Crippen LogP contribution in [0.3, 0.4) is 0 Å². The first-order valence-electron chi connectivity index (χ1n) is 4.97. The van der Waals surface area contributed by atoms with Gasteiger partial charge in [-0.25, -0.2) is 9.78 Å². The smallest absolute Gasteiger partial charge is 0.356 e. The highest BCUT2D eigenvalue weighted by molar-refractivity contribution is 7.14. The first-order chi connectivity index (χ1) is 7.47. The number of rotatable bonds is 5. The average molecular weight is 242 g/mol. The number of nitrogens with zero attached hydrogens (tertiary/aromatic N) is 1. The van der Waals surface area contributed by atoms with E-state index in [9.17, 15) is 9.59 Å². The van der Waals surface area contributed by atoms with Crippen LogP contribution in [0.5, 0.6) is 0 Å². The predicted molar refractivity (Wildman–Crippen MR) is 60.9 cm³/mol. The normalized spacial score (nSPS) is 12.4. The summed E-state index contributed by atoms with van der Waals surface area (Å²) in [5.41, 5.74) is 5.65. The number of ketones is 1. The summed E-state index contributed by atoms with van der Waals surface area (Å²) < 4.78 is 0. The lowest BCUT2D eigenvalue weighted by molar-refractivity contribution is 0.0686. The molecule has 0 aliphatic carbocycles. The maximum Gasteiger partial charge on any atom is 0.356 e. The summed E-state index contributed by atoms with van der Waals surface area (Å²) in [4.78, 5) is 26.2. The molecule has 6 heteroatoms. The van der Waals surface area contributed by atoms with Crippen molar-refractivity contribution in [2.75, 3.05) is 0 Å². The van der Waals surface area contributed by atoms with E-state index >= 15 is 0 Å². The molecule has 0 radical (unpaired) electrons. The molecule has 1 unspecified atom stereocenters. The number of carbonyl (C=O) groups excluding carboxylic acids is 1. The SMILES string of the molecule is CCCC(N)c1nc(C(=O)O)c(C(C)=O)s1. The topological polar surface area (TPSA) is 93.3 Å². The molecule has 0 aliphatic rings. The van der Waals surface area contributed by atoms with Gasteiger partial charge in [-0.3, -0.25) is 4.79 Å². The van der Waals surface area contributed by atoms with Crippen LogP contribution in [0.2, 0.25) is 0 Å². The molecule has 88 valence electrons. The van der Waals surface area contributed by atoms with Gasteiger partial charge in [-0.1, -0.05) is 13.3 Å². The molecular weight excluding hydrogens is 228 g/mol. The van der Waals surface area contributed by atoms with E-state index in [0.29, 0.717) is 5.01 Å². The highest BCUT2D eigenvalue weighted by Crippen LogP contribution is 2.25. The largest absolute Gasteiger partial charge is 0.476 e. The van der Waals surface area contributed by atoms with Gasteiger partial charge in [0.1, 0.15) is 9.88 Å². The Morgan fingerprint density at radius 1 is 1.56 bits per heavy atom. The van der Waals surface area contributed by atoms with E-state index in [-0.39, 0.29) is 22.4 Å².